The Kier molecular flexibility index (Phi) is 10.1. The van der Waals surface area contributed by atoms with E-state index in [9.17, 15) is 4.79 Å². The van der Waals surface area contributed by atoms with Gasteiger partial charge in [-0.3, -0.25) is 4.79 Å². The molecule has 1 aromatic heterocycles. The van der Waals surface area contributed by atoms with E-state index in [1.807, 2.05) is 30.3 Å². The molecule has 1 aromatic carbocycles. The predicted octanol–water partition coefficient (Wildman–Crippen LogP) is 3.76. The first-order chi connectivity index (χ1) is 10.1. The molecule has 7 heteroatoms. The van der Waals surface area contributed by atoms with Gasteiger partial charge < -0.3 is 11.1 Å². The summed E-state index contributed by atoms with van der Waals surface area (Å²) >= 11 is 1.40. The molecule has 0 aliphatic rings. The Morgan fingerprint density at radius 2 is 1.91 bits per heavy atom. The molecular formula is C16H23Cl2N3OS. The normalized spacial score (nSPS) is 11.3. The molecule has 0 fully saturated rings. The third-order valence-corrected chi connectivity index (χ3v) is 4.17. The van der Waals surface area contributed by atoms with E-state index in [0.29, 0.717) is 17.3 Å². The van der Waals surface area contributed by atoms with Gasteiger partial charge in [0.2, 0.25) is 0 Å². The monoisotopic (exact) mass is 375 g/mol. The summed E-state index contributed by atoms with van der Waals surface area (Å²) < 4.78 is 0. The molecule has 0 saturated heterocycles. The van der Waals surface area contributed by atoms with E-state index in [0.717, 1.165) is 17.0 Å². The Bertz CT molecular complexity index is 590. The molecule has 1 amide bonds. The van der Waals surface area contributed by atoms with Gasteiger partial charge in [-0.05, 0) is 12.3 Å². The molecule has 4 nitrogen and oxygen atoms in total. The highest BCUT2D eigenvalue weighted by atomic mass is 35.5. The van der Waals surface area contributed by atoms with Gasteiger partial charge in [-0.15, -0.1) is 36.2 Å². The van der Waals surface area contributed by atoms with Gasteiger partial charge in [-0.1, -0.05) is 44.2 Å². The van der Waals surface area contributed by atoms with Crippen molar-refractivity contribution in [2.75, 3.05) is 6.54 Å². The molecule has 0 saturated carbocycles. The average Bonchev–Trinajstić information content (AvgIpc) is 2.97. The Morgan fingerprint density at radius 1 is 1.26 bits per heavy atom. The van der Waals surface area contributed by atoms with E-state index in [-0.39, 0.29) is 36.8 Å². The van der Waals surface area contributed by atoms with E-state index in [1.54, 1.807) is 6.20 Å². The number of benzene rings is 1. The van der Waals surface area contributed by atoms with Crippen LogP contribution in [0.25, 0.3) is 10.6 Å². The predicted molar refractivity (Wildman–Crippen MR) is 102 cm³/mol. The van der Waals surface area contributed by atoms with Crippen molar-refractivity contribution in [1.29, 1.82) is 0 Å². The molecule has 2 aromatic rings. The second-order valence-corrected chi connectivity index (χ2v) is 6.46. The highest BCUT2D eigenvalue weighted by Gasteiger charge is 2.16. The fourth-order valence-electron chi connectivity index (χ4n) is 2.13. The largest absolute Gasteiger partial charge is 0.347 e. The van der Waals surface area contributed by atoms with Crippen molar-refractivity contribution >= 4 is 42.1 Å². The first-order valence-corrected chi connectivity index (χ1v) is 7.94. The van der Waals surface area contributed by atoms with Crippen LogP contribution in [0.3, 0.4) is 0 Å². The smallest absolute Gasteiger partial charge is 0.263 e. The molecular weight excluding hydrogens is 353 g/mol. The van der Waals surface area contributed by atoms with Crippen molar-refractivity contribution in [2.24, 2.45) is 11.7 Å². The number of hydrogen-bond acceptors (Lipinski definition) is 4. The summed E-state index contributed by atoms with van der Waals surface area (Å²) in [5.41, 5.74) is 6.74. The molecule has 0 radical (unpaired) electrons. The summed E-state index contributed by atoms with van der Waals surface area (Å²) in [6, 6.07) is 9.87. The van der Waals surface area contributed by atoms with E-state index in [4.69, 9.17) is 5.73 Å². The van der Waals surface area contributed by atoms with Crippen LogP contribution in [-0.4, -0.2) is 23.5 Å². The second kappa shape index (κ2) is 10.6. The maximum Gasteiger partial charge on any atom is 0.263 e. The van der Waals surface area contributed by atoms with E-state index < -0.39 is 0 Å². The van der Waals surface area contributed by atoms with Crippen LogP contribution < -0.4 is 11.1 Å². The van der Waals surface area contributed by atoms with Crippen molar-refractivity contribution in [3.8, 4) is 10.6 Å². The lowest BCUT2D eigenvalue weighted by Gasteiger charge is -2.18. The molecule has 2 rings (SSSR count). The van der Waals surface area contributed by atoms with Gasteiger partial charge in [0.05, 0.1) is 6.20 Å². The Balaban J connectivity index is 0.00000242. The zero-order chi connectivity index (χ0) is 15.2. The first kappa shape index (κ1) is 21.9. The first-order valence-electron chi connectivity index (χ1n) is 7.12. The van der Waals surface area contributed by atoms with Crippen LogP contribution in [0.15, 0.2) is 36.5 Å². The lowest BCUT2D eigenvalue weighted by atomic mass is 10.0. The van der Waals surface area contributed by atoms with Crippen LogP contribution in [0.2, 0.25) is 0 Å². The number of carbonyl (C=O) groups is 1. The molecule has 0 bridgehead atoms. The minimum Gasteiger partial charge on any atom is -0.347 e. The highest BCUT2D eigenvalue weighted by Crippen LogP contribution is 2.24. The molecule has 128 valence electrons. The minimum absolute atomic E-state index is 0. The van der Waals surface area contributed by atoms with Crippen LogP contribution >= 0.6 is 36.2 Å². The van der Waals surface area contributed by atoms with Gasteiger partial charge in [0.15, 0.2) is 0 Å². The number of nitrogens with zero attached hydrogens (tertiary/aromatic N) is 1. The quantitative estimate of drug-likeness (QED) is 0.807. The number of nitrogens with one attached hydrogen (secondary N) is 1. The summed E-state index contributed by atoms with van der Waals surface area (Å²) in [5, 5.41) is 3.84. The highest BCUT2D eigenvalue weighted by molar-refractivity contribution is 7.16. The number of hydrogen-bond donors (Lipinski definition) is 2. The summed E-state index contributed by atoms with van der Waals surface area (Å²) in [6.07, 6.45) is 2.51. The van der Waals surface area contributed by atoms with Crippen molar-refractivity contribution in [1.82, 2.24) is 10.3 Å². The average molecular weight is 376 g/mol. The number of rotatable bonds is 6. The van der Waals surface area contributed by atoms with Crippen molar-refractivity contribution < 1.29 is 4.79 Å². The Labute approximate surface area is 153 Å². The molecule has 1 heterocycles. The Hall–Kier alpha value is -1.14. The lowest BCUT2D eigenvalue weighted by Crippen LogP contribution is -2.40. The van der Waals surface area contributed by atoms with Crippen molar-refractivity contribution in [3.05, 3.63) is 41.4 Å². The van der Waals surface area contributed by atoms with Gasteiger partial charge in [-0.25, -0.2) is 4.98 Å². The lowest BCUT2D eigenvalue weighted by molar-refractivity contribution is 0.0937. The molecule has 1 atom stereocenters. The number of amides is 1. The van der Waals surface area contributed by atoms with Gasteiger partial charge in [0, 0.05) is 18.2 Å². The third kappa shape index (κ3) is 6.47. The van der Waals surface area contributed by atoms with Crippen LogP contribution in [0, 0.1) is 5.92 Å². The minimum atomic E-state index is -0.0919. The zero-order valence-electron chi connectivity index (χ0n) is 13.2. The summed E-state index contributed by atoms with van der Waals surface area (Å²) in [4.78, 5) is 17.2. The van der Waals surface area contributed by atoms with Crippen molar-refractivity contribution in [3.63, 3.8) is 0 Å². The van der Waals surface area contributed by atoms with Crippen LogP contribution in [0.4, 0.5) is 0 Å². The number of carbonyl (C=O) groups excluding carboxylic acids is 1. The maximum absolute atomic E-state index is 12.2. The molecule has 1 unspecified atom stereocenters. The number of thiazole rings is 1. The fraction of sp³-hybridized carbons (Fsp3) is 0.375. The summed E-state index contributed by atoms with van der Waals surface area (Å²) in [6.45, 7) is 4.69. The fourth-order valence-corrected chi connectivity index (χ4v) is 2.96. The summed E-state index contributed by atoms with van der Waals surface area (Å²) in [7, 11) is 0. The zero-order valence-corrected chi connectivity index (χ0v) is 15.6. The standard InChI is InChI=1S/C16H21N3OS.2ClH/c1-11(2)8-13(9-17)19-15(20)14-10-18-16(21-14)12-6-4-3-5-7-12;;/h3-7,10-11,13H,8-9,17H2,1-2H3,(H,19,20);2*1H. The molecule has 0 spiro atoms. The molecule has 3 N–H and O–H groups in total. The van der Waals surface area contributed by atoms with Gasteiger partial charge in [0.1, 0.15) is 9.88 Å². The third-order valence-electron chi connectivity index (χ3n) is 3.13. The van der Waals surface area contributed by atoms with Crippen LogP contribution in [-0.2, 0) is 0 Å². The number of aromatic nitrogens is 1. The SMILES string of the molecule is CC(C)CC(CN)NC(=O)c1cnc(-c2ccccc2)s1.Cl.Cl. The molecule has 0 aliphatic carbocycles. The van der Waals surface area contributed by atoms with Gasteiger partial charge in [-0.2, -0.15) is 0 Å². The molecule has 23 heavy (non-hydrogen) atoms. The second-order valence-electron chi connectivity index (χ2n) is 5.43. The van der Waals surface area contributed by atoms with E-state index in [2.05, 4.69) is 24.1 Å². The topological polar surface area (TPSA) is 68.0 Å². The Morgan fingerprint density at radius 3 is 2.48 bits per heavy atom. The van der Waals surface area contributed by atoms with E-state index in [1.165, 1.54) is 11.3 Å². The van der Waals surface area contributed by atoms with Crippen LogP contribution in [0.5, 0.6) is 0 Å². The number of halogens is 2. The number of nitrogens with two attached hydrogens (primary N) is 1. The van der Waals surface area contributed by atoms with Crippen molar-refractivity contribution in [2.45, 2.75) is 26.3 Å². The van der Waals surface area contributed by atoms with Crippen LogP contribution in [0.1, 0.15) is 29.9 Å². The van der Waals surface area contributed by atoms with Gasteiger partial charge in [0.25, 0.3) is 5.91 Å². The summed E-state index contributed by atoms with van der Waals surface area (Å²) in [5.74, 6) is 0.408. The maximum atomic E-state index is 12.2. The molecule has 0 aliphatic heterocycles. The van der Waals surface area contributed by atoms with Gasteiger partial charge >= 0.3 is 0 Å². The van der Waals surface area contributed by atoms with E-state index >= 15 is 0 Å².